The maximum atomic E-state index is 11.3. The predicted molar refractivity (Wildman–Crippen MR) is 60.3 cm³/mol. The number of hydrogen-bond acceptors (Lipinski definition) is 3. The highest BCUT2D eigenvalue weighted by atomic mass is 16.4. The first-order valence-corrected chi connectivity index (χ1v) is 5.29. The Labute approximate surface area is 98.8 Å². The van der Waals surface area contributed by atoms with Crippen molar-refractivity contribution in [2.45, 2.75) is 19.4 Å². The summed E-state index contributed by atoms with van der Waals surface area (Å²) in [6.45, 7) is 0.687. The number of amides is 2. The lowest BCUT2D eigenvalue weighted by Crippen LogP contribution is -2.36. The number of imidazole rings is 1. The summed E-state index contributed by atoms with van der Waals surface area (Å²) in [4.78, 5) is 25.6. The normalized spacial score (nSPS) is 9.94. The smallest absolute Gasteiger partial charge is 0.315 e. The monoisotopic (exact) mass is 240 g/mol. The van der Waals surface area contributed by atoms with Crippen LogP contribution in [0.5, 0.6) is 0 Å². The van der Waals surface area contributed by atoms with Crippen molar-refractivity contribution in [3.05, 3.63) is 18.2 Å². The van der Waals surface area contributed by atoms with Crippen LogP contribution in [0.15, 0.2) is 12.4 Å². The van der Waals surface area contributed by atoms with Gasteiger partial charge in [-0.05, 0) is 6.42 Å². The van der Waals surface area contributed by atoms with Crippen LogP contribution in [0.25, 0.3) is 0 Å². The van der Waals surface area contributed by atoms with Gasteiger partial charge in [0.15, 0.2) is 0 Å². The molecule has 0 bridgehead atoms. The van der Waals surface area contributed by atoms with Gasteiger partial charge in [-0.1, -0.05) is 0 Å². The van der Waals surface area contributed by atoms with Gasteiger partial charge in [0.1, 0.15) is 5.82 Å². The largest absolute Gasteiger partial charge is 0.481 e. The third-order valence-corrected chi connectivity index (χ3v) is 2.18. The number of rotatable bonds is 6. The minimum atomic E-state index is -0.861. The summed E-state index contributed by atoms with van der Waals surface area (Å²) in [6.07, 6.45) is 3.92. The highest BCUT2D eigenvalue weighted by Crippen LogP contribution is 1.92. The molecule has 94 valence electrons. The van der Waals surface area contributed by atoms with E-state index < -0.39 is 5.97 Å². The quantitative estimate of drug-likeness (QED) is 0.614. The first-order chi connectivity index (χ1) is 8.09. The average Bonchev–Trinajstić information content (AvgIpc) is 2.67. The molecule has 1 aromatic heterocycles. The van der Waals surface area contributed by atoms with E-state index >= 15 is 0 Å². The molecule has 1 rings (SSSR count). The second-order valence-corrected chi connectivity index (χ2v) is 3.56. The molecule has 17 heavy (non-hydrogen) atoms. The van der Waals surface area contributed by atoms with Crippen molar-refractivity contribution in [3.63, 3.8) is 0 Å². The number of nitrogens with zero attached hydrogens (tertiary/aromatic N) is 2. The Morgan fingerprint density at radius 2 is 2.24 bits per heavy atom. The molecule has 0 aliphatic carbocycles. The summed E-state index contributed by atoms with van der Waals surface area (Å²) >= 11 is 0. The Hall–Kier alpha value is -2.05. The fourth-order valence-electron chi connectivity index (χ4n) is 1.23. The minimum absolute atomic E-state index is 0.0552. The van der Waals surface area contributed by atoms with Gasteiger partial charge in [-0.15, -0.1) is 0 Å². The fraction of sp³-hybridized carbons (Fsp3) is 0.500. The number of hydrogen-bond donors (Lipinski definition) is 3. The van der Waals surface area contributed by atoms with Crippen LogP contribution in [0.1, 0.15) is 18.7 Å². The SMILES string of the molecule is Cn1ccnc1CNC(=O)NCCCC(=O)O. The van der Waals surface area contributed by atoms with E-state index in [9.17, 15) is 9.59 Å². The number of aliphatic carboxylic acids is 1. The van der Waals surface area contributed by atoms with Gasteiger partial charge in [-0.2, -0.15) is 0 Å². The second kappa shape index (κ2) is 6.51. The second-order valence-electron chi connectivity index (χ2n) is 3.56. The van der Waals surface area contributed by atoms with E-state index in [-0.39, 0.29) is 12.5 Å². The van der Waals surface area contributed by atoms with Crippen LogP contribution in [0.4, 0.5) is 4.79 Å². The van der Waals surface area contributed by atoms with Gasteiger partial charge in [-0.3, -0.25) is 4.79 Å². The Bertz CT molecular complexity index is 389. The number of aromatic nitrogens is 2. The van der Waals surface area contributed by atoms with Gasteiger partial charge in [0.2, 0.25) is 0 Å². The van der Waals surface area contributed by atoms with Gasteiger partial charge in [0.05, 0.1) is 6.54 Å². The van der Waals surface area contributed by atoms with Crippen LogP contribution in [0, 0.1) is 0 Å². The number of carbonyl (C=O) groups is 2. The Kier molecular flexibility index (Phi) is 4.99. The topological polar surface area (TPSA) is 96.3 Å². The molecule has 0 unspecified atom stereocenters. The number of nitrogens with one attached hydrogen (secondary N) is 2. The molecule has 7 heteroatoms. The lowest BCUT2D eigenvalue weighted by Gasteiger charge is -2.06. The van der Waals surface area contributed by atoms with E-state index in [1.807, 2.05) is 11.6 Å². The molecule has 0 spiro atoms. The summed E-state index contributed by atoms with van der Waals surface area (Å²) in [5, 5.41) is 13.6. The van der Waals surface area contributed by atoms with E-state index in [0.29, 0.717) is 19.5 Å². The molecular formula is C10H16N4O3. The number of carboxylic acid groups (broad SMARTS) is 1. The Morgan fingerprint density at radius 1 is 1.47 bits per heavy atom. The number of carboxylic acids is 1. The zero-order valence-electron chi connectivity index (χ0n) is 9.64. The van der Waals surface area contributed by atoms with Gasteiger partial charge >= 0.3 is 12.0 Å². The van der Waals surface area contributed by atoms with Gasteiger partial charge < -0.3 is 20.3 Å². The third-order valence-electron chi connectivity index (χ3n) is 2.18. The summed E-state index contributed by atoms with van der Waals surface area (Å²) < 4.78 is 1.81. The van der Waals surface area contributed by atoms with E-state index in [1.165, 1.54) is 0 Å². The van der Waals surface area contributed by atoms with Crippen molar-refractivity contribution < 1.29 is 14.7 Å². The molecule has 0 aromatic carbocycles. The number of aryl methyl sites for hydroxylation is 1. The molecule has 0 fully saturated rings. The number of urea groups is 1. The molecule has 0 saturated heterocycles. The molecule has 2 amide bonds. The summed E-state index contributed by atoms with van der Waals surface area (Å²) in [6, 6.07) is -0.321. The van der Waals surface area contributed by atoms with Gasteiger partial charge in [0.25, 0.3) is 0 Å². The Morgan fingerprint density at radius 3 is 2.82 bits per heavy atom. The zero-order chi connectivity index (χ0) is 12.7. The molecule has 7 nitrogen and oxygen atoms in total. The molecular weight excluding hydrogens is 224 g/mol. The van der Waals surface area contributed by atoms with Crippen LogP contribution in [0.2, 0.25) is 0 Å². The lowest BCUT2D eigenvalue weighted by molar-refractivity contribution is -0.137. The maximum Gasteiger partial charge on any atom is 0.315 e. The maximum absolute atomic E-state index is 11.3. The van der Waals surface area contributed by atoms with Gasteiger partial charge in [-0.25, -0.2) is 9.78 Å². The molecule has 1 heterocycles. The molecule has 1 aromatic rings. The van der Waals surface area contributed by atoms with E-state index in [0.717, 1.165) is 5.82 Å². The predicted octanol–water partition coefficient (Wildman–Crippen LogP) is 0.0841. The summed E-state index contributed by atoms with van der Waals surface area (Å²) in [5.41, 5.74) is 0. The average molecular weight is 240 g/mol. The van der Waals surface area contributed by atoms with E-state index in [2.05, 4.69) is 15.6 Å². The first-order valence-electron chi connectivity index (χ1n) is 5.29. The standard InChI is InChI=1S/C10H16N4O3/c1-14-6-5-11-8(14)7-13-10(17)12-4-2-3-9(15)16/h5-6H,2-4,7H2,1H3,(H,15,16)(H2,12,13,17). The van der Waals surface area contributed by atoms with Crippen molar-refractivity contribution >= 4 is 12.0 Å². The molecule has 3 N–H and O–H groups in total. The molecule has 0 radical (unpaired) electrons. The highest BCUT2D eigenvalue weighted by Gasteiger charge is 2.03. The fourth-order valence-corrected chi connectivity index (χ4v) is 1.23. The van der Waals surface area contributed by atoms with Crippen LogP contribution in [-0.2, 0) is 18.4 Å². The van der Waals surface area contributed by atoms with E-state index in [1.54, 1.807) is 12.4 Å². The van der Waals surface area contributed by atoms with Crippen molar-refractivity contribution in [2.75, 3.05) is 6.54 Å². The summed E-state index contributed by atoms with van der Waals surface area (Å²) in [5.74, 6) is -0.106. The zero-order valence-corrected chi connectivity index (χ0v) is 9.64. The van der Waals surface area contributed by atoms with Crippen LogP contribution >= 0.6 is 0 Å². The summed E-state index contributed by atoms with van der Waals surface area (Å²) in [7, 11) is 1.84. The molecule has 0 saturated carbocycles. The molecule has 0 aliphatic rings. The van der Waals surface area contributed by atoms with Gasteiger partial charge in [0, 0.05) is 32.4 Å². The Balaban J connectivity index is 2.13. The third kappa shape index (κ3) is 5.01. The first kappa shape index (κ1) is 13.0. The van der Waals surface area contributed by atoms with Crippen LogP contribution in [-0.4, -0.2) is 33.2 Å². The molecule has 0 aliphatic heterocycles. The van der Waals surface area contributed by atoms with Crippen molar-refractivity contribution in [3.8, 4) is 0 Å². The van der Waals surface area contributed by atoms with Crippen molar-refractivity contribution in [2.24, 2.45) is 7.05 Å². The van der Waals surface area contributed by atoms with Crippen molar-refractivity contribution in [1.29, 1.82) is 0 Å². The number of carbonyl (C=O) groups excluding carboxylic acids is 1. The molecule has 0 atom stereocenters. The van der Waals surface area contributed by atoms with Crippen LogP contribution < -0.4 is 10.6 Å². The highest BCUT2D eigenvalue weighted by molar-refractivity contribution is 5.73. The van der Waals surface area contributed by atoms with Crippen LogP contribution in [0.3, 0.4) is 0 Å². The van der Waals surface area contributed by atoms with E-state index in [4.69, 9.17) is 5.11 Å². The van der Waals surface area contributed by atoms with Crippen molar-refractivity contribution in [1.82, 2.24) is 20.2 Å². The lowest BCUT2D eigenvalue weighted by atomic mass is 10.3. The minimum Gasteiger partial charge on any atom is -0.481 e.